The Morgan fingerprint density at radius 1 is 1.06 bits per heavy atom. The molecule has 8 nitrogen and oxygen atoms in total. The fourth-order valence-corrected chi connectivity index (χ4v) is 3.15. The van der Waals surface area contributed by atoms with E-state index in [1.807, 2.05) is 0 Å². The molecule has 1 amide bonds. The van der Waals surface area contributed by atoms with Gasteiger partial charge in [-0.05, 0) is 35.9 Å². The zero-order chi connectivity index (χ0) is 23.8. The minimum atomic E-state index is -1.15. The van der Waals surface area contributed by atoms with E-state index in [0.29, 0.717) is 24.5 Å². The molecule has 0 fully saturated rings. The van der Waals surface area contributed by atoms with Crippen LogP contribution in [-0.4, -0.2) is 54.5 Å². The van der Waals surface area contributed by atoms with Crippen LogP contribution in [0.2, 0.25) is 0 Å². The van der Waals surface area contributed by atoms with E-state index in [4.69, 9.17) is 9.47 Å². The molecule has 0 aliphatic heterocycles. The highest BCUT2D eigenvalue weighted by Crippen LogP contribution is 2.20. The van der Waals surface area contributed by atoms with Gasteiger partial charge in [-0.25, -0.2) is 18.3 Å². The smallest absolute Gasteiger partial charge is 0.411 e. The summed E-state index contributed by atoms with van der Waals surface area (Å²) in [6, 6.07) is 12.3. The molecule has 0 unspecified atom stereocenters. The molecule has 0 aliphatic carbocycles. The molecule has 0 atom stereocenters. The minimum Gasteiger partial charge on any atom is -0.465 e. The number of anilines is 1. The Morgan fingerprint density at radius 2 is 1.82 bits per heavy atom. The van der Waals surface area contributed by atoms with Crippen molar-refractivity contribution in [2.75, 3.05) is 38.4 Å². The molecular weight excluding hydrogens is 436 g/mol. The third-order valence-electron chi connectivity index (χ3n) is 4.70. The van der Waals surface area contributed by atoms with Gasteiger partial charge in [-0.15, -0.1) is 0 Å². The molecule has 0 saturated heterocycles. The Kier molecular flexibility index (Phi) is 8.22. The number of carbonyl (C=O) groups is 1. The second kappa shape index (κ2) is 11.3. The Bertz CT molecular complexity index is 1150. The Hall–Kier alpha value is -3.63. The summed E-state index contributed by atoms with van der Waals surface area (Å²) >= 11 is 0. The van der Waals surface area contributed by atoms with E-state index in [2.05, 4.69) is 5.10 Å². The summed E-state index contributed by atoms with van der Waals surface area (Å²) in [6.07, 6.45) is -1.15. The van der Waals surface area contributed by atoms with Crippen molar-refractivity contribution in [2.24, 2.45) is 0 Å². The molecule has 174 valence electrons. The molecule has 1 N–H and O–H groups in total. The molecule has 1 heterocycles. The van der Waals surface area contributed by atoms with Crippen LogP contribution in [0.3, 0.4) is 0 Å². The van der Waals surface area contributed by atoms with Crippen molar-refractivity contribution in [1.29, 1.82) is 0 Å². The summed E-state index contributed by atoms with van der Waals surface area (Å²) < 4.78 is 38.5. The van der Waals surface area contributed by atoms with E-state index in [1.54, 1.807) is 31.4 Å². The molecule has 2 aromatic carbocycles. The molecular formula is C23H23F2N3O5. The zero-order valence-corrected chi connectivity index (χ0v) is 17.9. The fraction of sp³-hybridized carbons (Fsp3) is 0.261. The highest BCUT2D eigenvalue weighted by Gasteiger charge is 2.15. The van der Waals surface area contributed by atoms with Gasteiger partial charge in [0.05, 0.1) is 38.6 Å². The number of ether oxygens (including phenoxy) is 2. The predicted octanol–water partition coefficient (Wildman–Crippen LogP) is 3.38. The first-order valence-corrected chi connectivity index (χ1v) is 10.1. The van der Waals surface area contributed by atoms with E-state index < -0.39 is 23.3 Å². The van der Waals surface area contributed by atoms with Crippen LogP contribution in [0.1, 0.15) is 5.56 Å². The maximum atomic E-state index is 13.6. The summed E-state index contributed by atoms with van der Waals surface area (Å²) in [4.78, 5) is 25.2. The van der Waals surface area contributed by atoms with Crippen molar-refractivity contribution >= 4 is 11.8 Å². The Labute approximate surface area is 188 Å². The van der Waals surface area contributed by atoms with Gasteiger partial charge in [-0.1, -0.05) is 12.1 Å². The van der Waals surface area contributed by atoms with Gasteiger partial charge >= 0.3 is 6.09 Å². The third-order valence-corrected chi connectivity index (χ3v) is 4.70. The maximum Gasteiger partial charge on any atom is 0.411 e. The van der Waals surface area contributed by atoms with E-state index in [0.717, 1.165) is 27.8 Å². The van der Waals surface area contributed by atoms with Gasteiger partial charge in [-0.2, -0.15) is 5.10 Å². The van der Waals surface area contributed by atoms with Crippen LogP contribution in [0.25, 0.3) is 11.3 Å². The highest BCUT2D eigenvalue weighted by molar-refractivity contribution is 5.86. The molecule has 0 aliphatic rings. The number of hydrogen-bond acceptors (Lipinski definition) is 5. The molecule has 1 aromatic heterocycles. The lowest BCUT2D eigenvalue weighted by Gasteiger charge is -2.20. The third kappa shape index (κ3) is 6.67. The van der Waals surface area contributed by atoms with E-state index in [-0.39, 0.29) is 31.0 Å². The van der Waals surface area contributed by atoms with Gasteiger partial charge < -0.3 is 14.6 Å². The Morgan fingerprint density at radius 3 is 2.52 bits per heavy atom. The topological polar surface area (TPSA) is 93.9 Å². The number of hydrogen-bond donors (Lipinski definition) is 1. The van der Waals surface area contributed by atoms with E-state index >= 15 is 0 Å². The van der Waals surface area contributed by atoms with Crippen molar-refractivity contribution in [3.05, 3.63) is 82.1 Å². The summed E-state index contributed by atoms with van der Waals surface area (Å²) in [7, 11) is 1.55. The van der Waals surface area contributed by atoms with Crippen molar-refractivity contribution < 1.29 is 28.2 Å². The molecule has 3 rings (SSSR count). The van der Waals surface area contributed by atoms with Crippen LogP contribution >= 0.6 is 0 Å². The van der Waals surface area contributed by atoms with Gasteiger partial charge in [0.25, 0.3) is 5.56 Å². The lowest BCUT2D eigenvalue weighted by Crippen LogP contribution is -2.33. The molecule has 0 saturated carbocycles. The average Bonchev–Trinajstić information content (AvgIpc) is 2.77. The normalized spacial score (nSPS) is 10.9. The summed E-state index contributed by atoms with van der Waals surface area (Å²) in [5.74, 6) is -1.51. The van der Waals surface area contributed by atoms with Crippen molar-refractivity contribution in [3.8, 4) is 11.3 Å². The van der Waals surface area contributed by atoms with E-state index in [9.17, 15) is 23.5 Å². The lowest BCUT2D eigenvalue weighted by molar-refractivity contribution is 0.0738. The van der Waals surface area contributed by atoms with Crippen LogP contribution in [0, 0.1) is 11.6 Å². The Balaban J connectivity index is 1.80. The van der Waals surface area contributed by atoms with Crippen LogP contribution in [0.15, 0.2) is 59.4 Å². The van der Waals surface area contributed by atoms with Crippen molar-refractivity contribution in [1.82, 2.24) is 9.78 Å². The van der Waals surface area contributed by atoms with E-state index in [1.165, 1.54) is 12.1 Å². The minimum absolute atomic E-state index is 0.0378. The van der Waals surface area contributed by atoms with Crippen molar-refractivity contribution in [2.45, 2.75) is 6.54 Å². The first-order valence-electron chi connectivity index (χ1n) is 10.1. The number of carboxylic acid groups (broad SMARTS) is 1. The van der Waals surface area contributed by atoms with Crippen molar-refractivity contribution in [3.63, 3.8) is 0 Å². The van der Waals surface area contributed by atoms with Crippen LogP contribution < -0.4 is 10.5 Å². The largest absolute Gasteiger partial charge is 0.465 e. The number of rotatable bonds is 10. The first kappa shape index (κ1) is 24.0. The number of aromatic nitrogens is 2. The lowest BCUT2D eigenvalue weighted by atomic mass is 10.1. The molecule has 0 radical (unpaired) electrons. The first-order chi connectivity index (χ1) is 15.9. The van der Waals surface area contributed by atoms with Crippen LogP contribution in [-0.2, 0) is 16.0 Å². The second-order valence-corrected chi connectivity index (χ2v) is 7.08. The second-order valence-electron chi connectivity index (χ2n) is 7.08. The van der Waals surface area contributed by atoms with Crippen LogP contribution in [0.4, 0.5) is 19.3 Å². The van der Waals surface area contributed by atoms with Gasteiger partial charge in [-0.3, -0.25) is 9.69 Å². The standard InChI is InChI=1S/C23H23F2N3O5/c1-32-9-10-33-8-7-27(23(30)31)20-4-2-3-16(11-20)15-28-22(29)6-5-21(26-28)17-12-18(24)14-19(25)13-17/h2-6,11-14H,7-10,15H2,1H3,(H,30,31). The number of nitrogens with zero attached hydrogens (tertiary/aromatic N) is 3. The fourth-order valence-electron chi connectivity index (χ4n) is 3.15. The molecule has 10 heteroatoms. The molecule has 33 heavy (non-hydrogen) atoms. The van der Waals surface area contributed by atoms with Gasteiger partial charge in [0, 0.05) is 30.5 Å². The van der Waals surface area contributed by atoms with Gasteiger partial charge in [0.15, 0.2) is 0 Å². The number of benzene rings is 2. The van der Waals surface area contributed by atoms with Gasteiger partial charge in [0.2, 0.25) is 0 Å². The summed E-state index contributed by atoms with van der Waals surface area (Å²) in [5, 5.41) is 13.8. The number of amides is 1. The summed E-state index contributed by atoms with van der Waals surface area (Å²) in [5.41, 5.74) is 1.04. The quantitative estimate of drug-likeness (QED) is 0.467. The maximum absolute atomic E-state index is 13.6. The predicted molar refractivity (Wildman–Crippen MR) is 117 cm³/mol. The monoisotopic (exact) mass is 459 g/mol. The molecule has 3 aromatic rings. The average molecular weight is 459 g/mol. The highest BCUT2D eigenvalue weighted by atomic mass is 19.1. The summed E-state index contributed by atoms with van der Waals surface area (Å²) in [6.45, 7) is 1.10. The van der Waals surface area contributed by atoms with Gasteiger partial charge in [0.1, 0.15) is 11.6 Å². The number of methoxy groups -OCH3 is 1. The SMILES string of the molecule is COCCOCCN(C(=O)O)c1cccc(Cn2nc(-c3cc(F)cc(F)c3)ccc2=O)c1. The molecule has 0 spiro atoms. The number of halogens is 2. The molecule has 0 bridgehead atoms. The van der Waals surface area contributed by atoms with Crippen LogP contribution in [0.5, 0.6) is 0 Å². The zero-order valence-electron chi connectivity index (χ0n) is 17.9.